The van der Waals surface area contributed by atoms with Gasteiger partial charge < -0.3 is 10.2 Å². The maximum absolute atomic E-state index is 12.1. The van der Waals surface area contributed by atoms with Gasteiger partial charge in [-0.25, -0.2) is 0 Å². The average molecular weight is 324 g/mol. The van der Waals surface area contributed by atoms with Gasteiger partial charge in [0.1, 0.15) is 0 Å². The molecule has 2 heterocycles. The van der Waals surface area contributed by atoms with E-state index in [1.807, 2.05) is 6.07 Å². The van der Waals surface area contributed by atoms with E-state index in [4.69, 9.17) is 6.42 Å². The van der Waals surface area contributed by atoms with Crippen LogP contribution in [0.2, 0.25) is 0 Å². The van der Waals surface area contributed by atoms with E-state index in [2.05, 4.69) is 50.6 Å². The van der Waals surface area contributed by atoms with Gasteiger partial charge in [0, 0.05) is 51.0 Å². The van der Waals surface area contributed by atoms with Gasteiger partial charge in [-0.05, 0) is 24.5 Å². The number of nitrogens with zero attached hydrogens (tertiary/aromatic N) is 3. The Kier molecular flexibility index (Phi) is 5.14. The number of nitrogens with one attached hydrogen (secondary N) is 1. The molecule has 1 N–H and O–H groups in total. The quantitative estimate of drug-likeness (QED) is 0.747. The van der Waals surface area contributed by atoms with Crippen molar-refractivity contribution in [2.45, 2.75) is 37.8 Å². The van der Waals surface area contributed by atoms with Gasteiger partial charge >= 0.3 is 0 Å². The van der Waals surface area contributed by atoms with Crippen LogP contribution in [0, 0.1) is 18.3 Å². The minimum Gasteiger partial charge on any atom is -0.371 e. The van der Waals surface area contributed by atoms with Crippen LogP contribution in [-0.2, 0) is 4.79 Å². The normalized spacial score (nSPS) is 20.6. The van der Waals surface area contributed by atoms with Gasteiger partial charge in [0.25, 0.3) is 0 Å². The summed E-state index contributed by atoms with van der Waals surface area (Å²) in [6.07, 6.45) is 8.94. The second kappa shape index (κ2) is 7.48. The summed E-state index contributed by atoms with van der Waals surface area (Å²) in [5, 5.41) is 11.2. The molecule has 2 aliphatic heterocycles. The zero-order valence-corrected chi connectivity index (χ0v) is 13.9. The number of amides is 1. The first kappa shape index (κ1) is 16.5. The summed E-state index contributed by atoms with van der Waals surface area (Å²) in [4.78, 5) is 14.4. The highest BCUT2D eigenvalue weighted by atomic mass is 16.1. The van der Waals surface area contributed by atoms with Crippen LogP contribution in [0.5, 0.6) is 0 Å². The Morgan fingerprint density at radius 3 is 2.83 bits per heavy atom. The number of hydrogen-bond donors (Lipinski definition) is 1. The maximum Gasteiger partial charge on any atom is 0.220 e. The molecule has 1 saturated heterocycles. The number of carbonyl (C=O) groups is 1. The summed E-state index contributed by atoms with van der Waals surface area (Å²) in [5.74, 6) is 3.21. The van der Waals surface area contributed by atoms with Gasteiger partial charge in [-0.1, -0.05) is 18.2 Å². The fourth-order valence-electron chi connectivity index (χ4n) is 3.20. The highest BCUT2D eigenvalue weighted by Gasteiger charge is 2.39. The van der Waals surface area contributed by atoms with Gasteiger partial charge in [-0.3, -0.25) is 4.79 Å². The first-order chi connectivity index (χ1) is 11.7. The molecule has 0 bridgehead atoms. The topological polar surface area (TPSA) is 57.1 Å². The SMILES string of the molecule is C#CCCC1(CCC(=O)NCC2CCN(c3ccccc3)C2)N=N1. The van der Waals surface area contributed by atoms with E-state index in [9.17, 15) is 4.79 Å². The van der Waals surface area contributed by atoms with Crippen molar-refractivity contribution in [2.24, 2.45) is 16.1 Å². The van der Waals surface area contributed by atoms with Crippen molar-refractivity contribution in [1.29, 1.82) is 0 Å². The van der Waals surface area contributed by atoms with Crippen LogP contribution in [-0.4, -0.2) is 31.2 Å². The molecule has 5 nitrogen and oxygen atoms in total. The summed E-state index contributed by atoms with van der Waals surface area (Å²) in [6, 6.07) is 10.4. The predicted molar refractivity (Wildman–Crippen MR) is 94.7 cm³/mol. The van der Waals surface area contributed by atoms with Gasteiger partial charge in [0.05, 0.1) is 0 Å². The second-order valence-corrected chi connectivity index (χ2v) is 6.63. The van der Waals surface area contributed by atoms with Crippen molar-refractivity contribution >= 4 is 11.6 Å². The molecule has 5 heteroatoms. The van der Waals surface area contributed by atoms with Gasteiger partial charge in [-0.15, -0.1) is 12.3 Å². The van der Waals surface area contributed by atoms with E-state index >= 15 is 0 Å². The Bertz CT molecular complexity index is 629. The zero-order chi connectivity index (χ0) is 16.8. The molecule has 0 radical (unpaired) electrons. The highest BCUT2D eigenvalue weighted by Crippen LogP contribution is 2.37. The molecule has 0 aromatic heterocycles. The zero-order valence-electron chi connectivity index (χ0n) is 13.9. The summed E-state index contributed by atoms with van der Waals surface area (Å²) >= 11 is 0. The Morgan fingerprint density at radius 1 is 1.33 bits per heavy atom. The smallest absolute Gasteiger partial charge is 0.220 e. The number of hydrogen-bond acceptors (Lipinski definition) is 4. The molecule has 24 heavy (non-hydrogen) atoms. The van der Waals surface area contributed by atoms with Gasteiger partial charge in [-0.2, -0.15) is 10.2 Å². The third kappa shape index (κ3) is 4.35. The van der Waals surface area contributed by atoms with Gasteiger partial charge in [0.15, 0.2) is 5.66 Å². The maximum atomic E-state index is 12.1. The number of terminal acetylenes is 1. The third-order valence-corrected chi connectivity index (χ3v) is 4.80. The molecule has 2 aliphatic rings. The monoisotopic (exact) mass is 324 g/mol. The third-order valence-electron chi connectivity index (χ3n) is 4.80. The number of carbonyl (C=O) groups excluding carboxylic acids is 1. The Balaban J connectivity index is 1.35. The van der Waals surface area contributed by atoms with E-state index in [1.54, 1.807) is 0 Å². The molecule has 1 atom stereocenters. The molecule has 1 unspecified atom stereocenters. The van der Waals surface area contributed by atoms with E-state index in [0.717, 1.165) is 32.5 Å². The van der Waals surface area contributed by atoms with Crippen LogP contribution in [0.1, 0.15) is 32.1 Å². The number of rotatable bonds is 8. The van der Waals surface area contributed by atoms with Crippen molar-refractivity contribution in [1.82, 2.24) is 5.32 Å². The molecule has 3 rings (SSSR count). The Hall–Kier alpha value is -2.35. The van der Waals surface area contributed by atoms with Crippen LogP contribution in [0.15, 0.2) is 40.6 Å². The lowest BCUT2D eigenvalue weighted by Gasteiger charge is -2.18. The molecule has 0 saturated carbocycles. The minimum atomic E-state index is -0.360. The Labute approximate surface area is 143 Å². The van der Waals surface area contributed by atoms with Crippen LogP contribution >= 0.6 is 0 Å². The van der Waals surface area contributed by atoms with Crippen LogP contribution in [0.4, 0.5) is 5.69 Å². The second-order valence-electron chi connectivity index (χ2n) is 6.63. The molecule has 1 amide bonds. The van der Waals surface area contributed by atoms with Crippen molar-refractivity contribution < 1.29 is 4.79 Å². The molecule has 1 aromatic carbocycles. The minimum absolute atomic E-state index is 0.0885. The lowest BCUT2D eigenvalue weighted by molar-refractivity contribution is -0.121. The standard InChI is InChI=1S/C19H24N4O/c1-2-3-11-19(21-22-19)12-9-18(24)20-14-16-10-13-23(15-16)17-7-5-4-6-8-17/h1,4-8,16H,3,9-15H2,(H,20,24). The van der Waals surface area contributed by atoms with Crippen molar-refractivity contribution in [2.75, 3.05) is 24.5 Å². The van der Waals surface area contributed by atoms with E-state index in [1.165, 1.54) is 5.69 Å². The lowest BCUT2D eigenvalue weighted by atomic mass is 10.0. The number of benzene rings is 1. The molecule has 1 fully saturated rings. The molecule has 0 aliphatic carbocycles. The molecule has 126 valence electrons. The number of anilines is 1. The first-order valence-corrected chi connectivity index (χ1v) is 8.65. The van der Waals surface area contributed by atoms with Crippen molar-refractivity contribution in [3.63, 3.8) is 0 Å². The molecular formula is C19H24N4O. The highest BCUT2D eigenvalue weighted by molar-refractivity contribution is 5.76. The van der Waals surface area contributed by atoms with E-state index in [-0.39, 0.29) is 11.6 Å². The summed E-state index contributed by atoms with van der Waals surface area (Å²) < 4.78 is 0. The Morgan fingerprint density at radius 2 is 2.12 bits per heavy atom. The largest absolute Gasteiger partial charge is 0.371 e. The van der Waals surface area contributed by atoms with Crippen LogP contribution in [0.25, 0.3) is 0 Å². The summed E-state index contributed by atoms with van der Waals surface area (Å²) in [6.45, 7) is 2.80. The summed E-state index contributed by atoms with van der Waals surface area (Å²) in [7, 11) is 0. The van der Waals surface area contributed by atoms with Crippen molar-refractivity contribution in [3.8, 4) is 12.3 Å². The summed E-state index contributed by atoms with van der Waals surface area (Å²) in [5.41, 5.74) is 0.903. The van der Waals surface area contributed by atoms with E-state index < -0.39 is 0 Å². The molecular weight excluding hydrogens is 300 g/mol. The predicted octanol–water partition coefficient (Wildman–Crippen LogP) is 2.98. The lowest BCUT2D eigenvalue weighted by Crippen LogP contribution is -2.31. The van der Waals surface area contributed by atoms with E-state index in [0.29, 0.717) is 25.2 Å². The first-order valence-electron chi connectivity index (χ1n) is 8.65. The average Bonchev–Trinajstić information content (AvgIpc) is 3.23. The fourth-order valence-corrected chi connectivity index (χ4v) is 3.20. The van der Waals surface area contributed by atoms with Crippen LogP contribution < -0.4 is 10.2 Å². The van der Waals surface area contributed by atoms with Gasteiger partial charge in [0.2, 0.25) is 5.91 Å². The molecule has 1 aromatic rings. The van der Waals surface area contributed by atoms with Crippen LogP contribution in [0.3, 0.4) is 0 Å². The molecule has 0 spiro atoms. The number of para-hydroxylation sites is 1. The fraction of sp³-hybridized carbons (Fsp3) is 0.526. The van der Waals surface area contributed by atoms with Crippen molar-refractivity contribution in [3.05, 3.63) is 30.3 Å².